The Hall–Kier alpha value is -1.88. The Kier molecular flexibility index (Phi) is 5.75. The highest BCUT2D eigenvalue weighted by Gasteiger charge is 2.19. The highest BCUT2D eigenvalue weighted by molar-refractivity contribution is 5.78. The summed E-state index contributed by atoms with van der Waals surface area (Å²) in [5, 5.41) is 2.87. The quantitative estimate of drug-likeness (QED) is 0.791. The molecule has 0 atom stereocenters. The summed E-state index contributed by atoms with van der Waals surface area (Å²) in [5.41, 5.74) is 7.56. The van der Waals surface area contributed by atoms with Crippen molar-refractivity contribution in [3.05, 3.63) is 35.4 Å². The molecule has 0 spiro atoms. The van der Waals surface area contributed by atoms with Crippen LogP contribution in [0.3, 0.4) is 0 Å². The van der Waals surface area contributed by atoms with Crippen molar-refractivity contribution in [1.82, 2.24) is 10.2 Å². The molecule has 5 heteroatoms. The van der Waals surface area contributed by atoms with Gasteiger partial charge in [-0.25, -0.2) is 0 Å². The van der Waals surface area contributed by atoms with Crippen LogP contribution in [0.5, 0.6) is 0 Å². The van der Waals surface area contributed by atoms with E-state index in [1.807, 2.05) is 29.2 Å². The molecule has 1 heterocycles. The lowest BCUT2D eigenvalue weighted by molar-refractivity contribution is -0.128. The summed E-state index contributed by atoms with van der Waals surface area (Å²) in [6.45, 7) is 2.61. The monoisotopic (exact) mass is 289 g/mol. The molecule has 0 saturated carbocycles. The van der Waals surface area contributed by atoms with Crippen molar-refractivity contribution in [3.8, 4) is 0 Å². The SMILES string of the molecule is NCCCC(=O)NCc1ccc(CN2CCCC2=O)cc1. The van der Waals surface area contributed by atoms with Gasteiger partial charge in [-0.2, -0.15) is 0 Å². The molecule has 0 aromatic heterocycles. The van der Waals surface area contributed by atoms with Gasteiger partial charge in [-0.1, -0.05) is 24.3 Å². The summed E-state index contributed by atoms with van der Waals surface area (Å²) in [6, 6.07) is 8.04. The van der Waals surface area contributed by atoms with Crippen molar-refractivity contribution in [3.63, 3.8) is 0 Å². The van der Waals surface area contributed by atoms with Gasteiger partial charge in [-0.15, -0.1) is 0 Å². The number of hydrogen-bond acceptors (Lipinski definition) is 3. The van der Waals surface area contributed by atoms with Gasteiger partial charge in [0.25, 0.3) is 0 Å². The van der Waals surface area contributed by atoms with Crippen LogP contribution in [0, 0.1) is 0 Å². The number of hydrogen-bond donors (Lipinski definition) is 2. The van der Waals surface area contributed by atoms with E-state index >= 15 is 0 Å². The lowest BCUT2D eigenvalue weighted by atomic mass is 10.1. The van der Waals surface area contributed by atoms with Crippen molar-refractivity contribution in [2.24, 2.45) is 5.73 Å². The molecule has 5 nitrogen and oxygen atoms in total. The number of nitrogens with two attached hydrogens (primary N) is 1. The Morgan fingerprint density at radius 1 is 1.24 bits per heavy atom. The lowest BCUT2D eigenvalue weighted by Crippen LogP contribution is -2.24. The van der Waals surface area contributed by atoms with Gasteiger partial charge >= 0.3 is 0 Å². The Morgan fingerprint density at radius 3 is 2.57 bits per heavy atom. The molecule has 21 heavy (non-hydrogen) atoms. The maximum absolute atomic E-state index is 11.6. The molecule has 114 valence electrons. The second-order valence-corrected chi connectivity index (χ2v) is 5.40. The summed E-state index contributed by atoms with van der Waals surface area (Å²) in [6.07, 6.45) is 2.83. The van der Waals surface area contributed by atoms with Crippen LogP contribution < -0.4 is 11.1 Å². The number of amides is 2. The average Bonchev–Trinajstić information content (AvgIpc) is 2.89. The topological polar surface area (TPSA) is 75.4 Å². The van der Waals surface area contributed by atoms with Gasteiger partial charge in [0.1, 0.15) is 0 Å². The zero-order chi connectivity index (χ0) is 15.1. The van der Waals surface area contributed by atoms with Crippen molar-refractivity contribution in [1.29, 1.82) is 0 Å². The average molecular weight is 289 g/mol. The molecule has 2 amide bonds. The third kappa shape index (κ3) is 4.86. The number of rotatable bonds is 7. The van der Waals surface area contributed by atoms with Gasteiger partial charge in [-0.05, 0) is 30.5 Å². The van der Waals surface area contributed by atoms with E-state index < -0.39 is 0 Å². The molecule has 0 bridgehead atoms. The van der Waals surface area contributed by atoms with Gasteiger partial charge < -0.3 is 16.0 Å². The number of benzene rings is 1. The summed E-state index contributed by atoms with van der Waals surface area (Å²) in [4.78, 5) is 25.0. The highest BCUT2D eigenvalue weighted by Crippen LogP contribution is 2.14. The predicted octanol–water partition coefficient (Wildman–Crippen LogP) is 1.16. The number of likely N-dealkylation sites (tertiary alicyclic amines) is 1. The third-order valence-electron chi connectivity index (χ3n) is 3.67. The molecule has 2 rings (SSSR count). The van der Waals surface area contributed by atoms with Crippen molar-refractivity contribution in [2.75, 3.05) is 13.1 Å². The molecule has 1 aliphatic rings. The zero-order valence-electron chi connectivity index (χ0n) is 12.3. The number of carbonyl (C=O) groups is 2. The molecule has 1 aromatic carbocycles. The normalized spacial score (nSPS) is 14.5. The van der Waals surface area contributed by atoms with Gasteiger partial charge in [-0.3, -0.25) is 9.59 Å². The third-order valence-corrected chi connectivity index (χ3v) is 3.67. The number of nitrogens with zero attached hydrogens (tertiary/aromatic N) is 1. The van der Waals surface area contributed by atoms with Crippen LogP contribution in [0.25, 0.3) is 0 Å². The van der Waals surface area contributed by atoms with Crippen LogP contribution in [0.2, 0.25) is 0 Å². The van der Waals surface area contributed by atoms with Crippen LogP contribution in [0.15, 0.2) is 24.3 Å². The maximum atomic E-state index is 11.6. The number of carbonyl (C=O) groups excluding carboxylic acids is 2. The molecule has 0 aliphatic carbocycles. The van der Waals surface area contributed by atoms with E-state index in [1.165, 1.54) is 0 Å². The molecule has 1 fully saturated rings. The summed E-state index contributed by atoms with van der Waals surface area (Å²) in [7, 11) is 0. The van der Waals surface area contributed by atoms with Crippen LogP contribution in [0.1, 0.15) is 36.8 Å². The Labute approximate surface area is 125 Å². The Morgan fingerprint density at radius 2 is 1.95 bits per heavy atom. The fourth-order valence-corrected chi connectivity index (χ4v) is 2.41. The fourth-order valence-electron chi connectivity index (χ4n) is 2.41. The van der Waals surface area contributed by atoms with Crippen molar-refractivity contribution >= 4 is 11.8 Å². The second-order valence-electron chi connectivity index (χ2n) is 5.40. The first kappa shape index (κ1) is 15.5. The molecule has 0 radical (unpaired) electrons. The molecule has 3 N–H and O–H groups in total. The largest absolute Gasteiger partial charge is 0.352 e. The molecule has 1 aromatic rings. The molecule has 0 unspecified atom stereocenters. The minimum absolute atomic E-state index is 0.0344. The lowest BCUT2D eigenvalue weighted by Gasteiger charge is -2.15. The van der Waals surface area contributed by atoms with Crippen LogP contribution in [-0.4, -0.2) is 29.8 Å². The van der Waals surface area contributed by atoms with E-state index in [0.29, 0.717) is 38.9 Å². The van der Waals surface area contributed by atoms with Gasteiger partial charge in [0.05, 0.1) is 0 Å². The van der Waals surface area contributed by atoms with Gasteiger partial charge in [0, 0.05) is 32.5 Å². The van der Waals surface area contributed by atoms with Gasteiger partial charge in [0.15, 0.2) is 0 Å². The highest BCUT2D eigenvalue weighted by atomic mass is 16.2. The van der Waals surface area contributed by atoms with Crippen molar-refractivity contribution in [2.45, 2.75) is 38.8 Å². The molecular formula is C16H23N3O2. The summed E-state index contributed by atoms with van der Waals surface area (Å²) in [5.74, 6) is 0.276. The molecule has 1 aliphatic heterocycles. The van der Waals surface area contributed by atoms with E-state index in [2.05, 4.69) is 5.32 Å². The Balaban J connectivity index is 1.79. The van der Waals surface area contributed by atoms with E-state index in [9.17, 15) is 9.59 Å². The van der Waals surface area contributed by atoms with Gasteiger partial charge in [0.2, 0.25) is 11.8 Å². The van der Waals surface area contributed by atoms with E-state index in [1.54, 1.807) is 0 Å². The van der Waals surface area contributed by atoms with Crippen molar-refractivity contribution < 1.29 is 9.59 Å². The fraction of sp³-hybridized carbons (Fsp3) is 0.500. The van der Waals surface area contributed by atoms with E-state index in [0.717, 1.165) is 24.1 Å². The van der Waals surface area contributed by atoms with Crippen LogP contribution >= 0.6 is 0 Å². The van der Waals surface area contributed by atoms with E-state index in [4.69, 9.17) is 5.73 Å². The molecule has 1 saturated heterocycles. The van der Waals surface area contributed by atoms with Crippen LogP contribution in [0.4, 0.5) is 0 Å². The summed E-state index contributed by atoms with van der Waals surface area (Å²) >= 11 is 0. The zero-order valence-corrected chi connectivity index (χ0v) is 12.3. The minimum Gasteiger partial charge on any atom is -0.352 e. The van der Waals surface area contributed by atoms with Crippen LogP contribution in [-0.2, 0) is 22.7 Å². The second kappa shape index (κ2) is 7.78. The summed E-state index contributed by atoms with van der Waals surface area (Å²) < 4.78 is 0. The Bertz CT molecular complexity index is 485. The first-order chi connectivity index (χ1) is 10.2. The predicted molar refractivity (Wildman–Crippen MR) is 81.2 cm³/mol. The minimum atomic E-state index is 0.0344. The number of nitrogens with one attached hydrogen (secondary N) is 1. The smallest absolute Gasteiger partial charge is 0.222 e. The standard InChI is InChI=1S/C16H23N3O2/c17-9-1-3-15(20)18-11-13-5-7-14(8-6-13)12-19-10-2-4-16(19)21/h5-8H,1-4,9-12,17H2,(H,18,20). The molecular weight excluding hydrogens is 266 g/mol. The maximum Gasteiger partial charge on any atom is 0.222 e. The first-order valence-electron chi connectivity index (χ1n) is 7.51. The van der Waals surface area contributed by atoms with E-state index in [-0.39, 0.29) is 11.8 Å². The first-order valence-corrected chi connectivity index (χ1v) is 7.51.